The van der Waals surface area contributed by atoms with Crippen LogP contribution in [0.2, 0.25) is 0 Å². The van der Waals surface area contributed by atoms with E-state index in [1.165, 1.54) is 0 Å². The van der Waals surface area contributed by atoms with Gasteiger partial charge in [0.15, 0.2) is 0 Å². The van der Waals surface area contributed by atoms with Crippen molar-refractivity contribution in [1.82, 2.24) is 9.55 Å². The third-order valence-electron chi connectivity index (χ3n) is 2.09. The first-order valence-electron chi connectivity index (χ1n) is 5.25. The molecule has 0 saturated heterocycles. The molecule has 1 aromatic heterocycles. The highest BCUT2D eigenvalue weighted by atomic mass is 19.4. The minimum absolute atomic E-state index is 0.246. The number of imidazole rings is 1. The van der Waals surface area contributed by atoms with Gasteiger partial charge < -0.3 is 14.6 Å². The molecule has 0 spiro atoms. The molecule has 0 saturated carbocycles. The number of anilines is 1. The Morgan fingerprint density at radius 1 is 1.47 bits per heavy atom. The van der Waals surface area contributed by atoms with Crippen molar-refractivity contribution in [3.05, 3.63) is 11.9 Å². The Balaban J connectivity index is 2.57. The number of halogens is 3. The summed E-state index contributed by atoms with van der Waals surface area (Å²) in [6.45, 7) is 1.81. The van der Waals surface area contributed by atoms with Crippen LogP contribution in [0.15, 0.2) is 6.20 Å². The summed E-state index contributed by atoms with van der Waals surface area (Å²) in [7, 11) is 1.59. The van der Waals surface area contributed by atoms with Gasteiger partial charge >= 0.3 is 6.18 Å². The molecular formula is C10H16F3N3O. The van der Waals surface area contributed by atoms with E-state index in [0.717, 1.165) is 6.42 Å². The first-order valence-corrected chi connectivity index (χ1v) is 5.25. The lowest BCUT2D eigenvalue weighted by atomic mass is 10.4. The summed E-state index contributed by atoms with van der Waals surface area (Å²) in [6, 6.07) is 0. The second-order valence-corrected chi connectivity index (χ2v) is 3.71. The maximum atomic E-state index is 12.1. The highest BCUT2D eigenvalue weighted by Gasteiger charge is 2.27. The fourth-order valence-electron chi connectivity index (χ4n) is 1.42. The van der Waals surface area contributed by atoms with E-state index in [2.05, 4.69) is 10.3 Å². The van der Waals surface area contributed by atoms with E-state index in [1.54, 1.807) is 24.8 Å². The maximum absolute atomic E-state index is 12.1. The Morgan fingerprint density at radius 2 is 2.18 bits per heavy atom. The molecule has 0 aliphatic carbocycles. The van der Waals surface area contributed by atoms with Crippen molar-refractivity contribution in [1.29, 1.82) is 0 Å². The Labute approximate surface area is 97.8 Å². The second kappa shape index (κ2) is 5.90. The molecule has 1 N–H and O–H groups in total. The van der Waals surface area contributed by atoms with Crippen LogP contribution in [0.5, 0.6) is 0 Å². The Morgan fingerprint density at radius 3 is 2.76 bits per heavy atom. The van der Waals surface area contributed by atoms with E-state index in [4.69, 9.17) is 4.74 Å². The molecule has 1 heterocycles. The molecule has 0 aliphatic rings. The van der Waals surface area contributed by atoms with Crippen LogP contribution < -0.4 is 5.32 Å². The minimum atomic E-state index is -4.24. The highest BCUT2D eigenvalue weighted by molar-refractivity contribution is 5.28. The molecule has 98 valence electrons. The fourth-order valence-corrected chi connectivity index (χ4v) is 1.42. The van der Waals surface area contributed by atoms with Crippen LogP contribution in [0.25, 0.3) is 0 Å². The number of nitrogens with one attached hydrogen (secondary N) is 1. The van der Waals surface area contributed by atoms with Gasteiger partial charge in [-0.1, -0.05) is 0 Å². The minimum Gasteiger partial charge on any atom is -0.385 e. The zero-order valence-corrected chi connectivity index (χ0v) is 9.84. The Kier molecular flexibility index (Phi) is 4.80. The van der Waals surface area contributed by atoms with Crippen LogP contribution in [0.1, 0.15) is 12.1 Å². The van der Waals surface area contributed by atoms with Crippen molar-refractivity contribution in [3.8, 4) is 0 Å². The van der Waals surface area contributed by atoms with Crippen molar-refractivity contribution in [2.75, 3.05) is 25.6 Å². The topological polar surface area (TPSA) is 39.1 Å². The first-order chi connectivity index (χ1) is 7.92. The number of aromatic nitrogens is 2. The third kappa shape index (κ3) is 5.08. The molecule has 0 aliphatic heterocycles. The zero-order valence-electron chi connectivity index (χ0n) is 9.84. The standard InChI is InChI=1S/C10H16F3N3O/c1-8-6-16(4-3-5-17-2)9(15-8)14-7-10(11,12)13/h6H,3-5,7H2,1-2H3,(H,14,15). The summed E-state index contributed by atoms with van der Waals surface area (Å²) >= 11 is 0. The molecule has 0 unspecified atom stereocenters. The first kappa shape index (κ1) is 13.8. The molecule has 0 bridgehead atoms. The van der Waals surface area contributed by atoms with E-state index in [1.807, 2.05) is 0 Å². The van der Waals surface area contributed by atoms with Crippen LogP contribution in [0, 0.1) is 6.92 Å². The molecule has 0 radical (unpaired) electrons. The summed E-state index contributed by atoms with van der Waals surface area (Å²) in [5.41, 5.74) is 0.687. The number of alkyl halides is 3. The number of ether oxygens (including phenoxy) is 1. The Bertz CT molecular complexity index is 349. The molecule has 7 heteroatoms. The third-order valence-corrected chi connectivity index (χ3v) is 2.09. The summed E-state index contributed by atoms with van der Waals surface area (Å²) in [6.07, 6.45) is -1.79. The lowest BCUT2D eigenvalue weighted by Crippen LogP contribution is -2.23. The van der Waals surface area contributed by atoms with E-state index in [9.17, 15) is 13.2 Å². The lowest BCUT2D eigenvalue weighted by Gasteiger charge is -2.11. The monoisotopic (exact) mass is 251 g/mol. The lowest BCUT2D eigenvalue weighted by molar-refractivity contribution is -0.115. The van der Waals surface area contributed by atoms with Crippen molar-refractivity contribution in [3.63, 3.8) is 0 Å². The van der Waals surface area contributed by atoms with E-state index >= 15 is 0 Å². The van der Waals surface area contributed by atoms with Gasteiger partial charge in [0.2, 0.25) is 5.95 Å². The highest BCUT2D eigenvalue weighted by Crippen LogP contribution is 2.16. The van der Waals surface area contributed by atoms with Gasteiger partial charge in [0.1, 0.15) is 6.54 Å². The maximum Gasteiger partial charge on any atom is 0.405 e. The van der Waals surface area contributed by atoms with Crippen LogP contribution in [0.3, 0.4) is 0 Å². The normalized spacial score (nSPS) is 11.8. The zero-order chi connectivity index (χ0) is 12.9. The van der Waals surface area contributed by atoms with Crippen LogP contribution in [-0.2, 0) is 11.3 Å². The molecular weight excluding hydrogens is 235 g/mol. The predicted molar refractivity (Wildman–Crippen MR) is 58.0 cm³/mol. The summed E-state index contributed by atoms with van der Waals surface area (Å²) < 4.78 is 42.8. The molecule has 0 amide bonds. The summed E-state index contributed by atoms with van der Waals surface area (Å²) in [4.78, 5) is 4.00. The summed E-state index contributed by atoms with van der Waals surface area (Å²) in [5, 5.41) is 2.29. The summed E-state index contributed by atoms with van der Waals surface area (Å²) in [5.74, 6) is 0.246. The van der Waals surface area contributed by atoms with Crippen LogP contribution in [-0.4, -0.2) is 36.0 Å². The number of aryl methyl sites for hydroxylation is 2. The van der Waals surface area contributed by atoms with Gasteiger partial charge in [-0.3, -0.25) is 0 Å². The molecule has 4 nitrogen and oxygen atoms in total. The van der Waals surface area contributed by atoms with E-state index in [-0.39, 0.29) is 5.95 Å². The number of nitrogens with zero attached hydrogens (tertiary/aromatic N) is 2. The van der Waals surface area contributed by atoms with Gasteiger partial charge in [-0.25, -0.2) is 4.98 Å². The second-order valence-electron chi connectivity index (χ2n) is 3.71. The molecule has 1 aromatic rings. The van der Waals surface area contributed by atoms with Crippen molar-refractivity contribution in [2.24, 2.45) is 0 Å². The molecule has 17 heavy (non-hydrogen) atoms. The molecule has 1 rings (SSSR count). The number of rotatable bonds is 6. The van der Waals surface area contributed by atoms with E-state index < -0.39 is 12.7 Å². The molecule has 0 fully saturated rings. The molecule has 0 atom stereocenters. The quantitative estimate of drug-likeness (QED) is 0.788. The van der Waals surface area contributed by atoms with Crippen molar-refractivity contribution >= 4 is 5.95 Å². The van der Waals surface area contributed by atoms with Gasteiger partial charge in [0, 0.05) is 26.5 Å². The Hall–Kier alpha value is -1.24. The smallest absolute Gasteiger partial charge is 0.385 e. The van der Waals surface area contributed by atoms with Gasteiger partial charge in [-0.15, -0.1) is 0 Å². The van der Waals surface area contributed by atoms with Gasteiger partial charge in [-0.05, 0) is 13.3 Å². The number of hydrogen-bond acceptors (Lipinski definition) is 3. The van der Waals surface area contributed by atoms with Crippen LogP contribution in [0.4, 0.5) is 19.1 Å². The van der Waals surface area contributed by atoms with Crippen molar-refractivity contribution in [2.45, 2.75) is 26.1 Å². The van der Waals surface area contributed by atoms with Crippen molar-refractivity contribution < 1.29 is 17.9 Å². The number of methoxy groups -OCH3 is 1. The van der Waals surface area contributed by atoms with Gasteiger partial charge in [-0.2, -0.15) is 13.2 Å². The SMILES string of the molecule is COCCCn1cc(C)nc1NCC(F)(F)F. The average Bonchev–Trinajstić information content (AvgIpc) is 2.56. The predicted octanol–water partition coefficient (Wildman–Crippen LogP) is 2.20. The van der Waals surface area contributed by atoms with E-state index in [0.29, 0.717) is 18.8 Å². The van der Waals surface area contributed by atoms with Gasteiger partial charge in [0.25, 0.3) is 0 Å². The number of hydrogen-bond donors (Lipinski definition) is 1. The molecule has 0 aromatic carbocycles. The van der Waals surface area contributed by atoms with Gasteiger partial charge in [0.05, 0.1) is 5.69 Å². The van der Waals surface area contributed by atoms with Crippen LogP contribution >= 0.6 is 0 Å². The largest absolute Gasteiger partial charge is 0.405 e. The average molecular weight is 251 g/mol. The fraction of sp³-hybridized carbons (Fsp3) is 0.700.